The van der Waals surface area contributed by atoms with Gasteiger partial charge in [0.1, 0.15) is 5.82 Å². The number of halogens is 1. The van der Waals surface area contributed by atoms with Crippen LogP contribution in [0.5, 0.6) is 0 Å². The van der Waals surface area contributed by atoms with Gasteiger partial charge in [0.2, 0.25) is 0 Å². The Hall–Kier alpha value is -2.36. The number of hydrogen-bond donors (Lipinski definition) is 1. The smallest absolute Gasteiger partial charge is 0.150 e. The molecule has 0 radical (unpaired) electrons. The predicted octanol–water partition coefficient (Wildman–Crippen LogP) is 4.73. The number of anilines is 1. The van der Waals surface area contributed by atoms with Gasteiger partial charge in [-0.3, -0.25) is 0 Å². The lowest BCUT2D eigenvalue weighted by Crippen LogP contribution is -2.06. The Balaban J connectivity index is 1.99. The third-order valence-corrected chi connectivity index (χ3v) is 4.61. The SMILES string of the molecule is CCn1c(C)c(C)c2ccnc(NCc3ccc(F)cc3C)c21. The van der Waals surface area contributed by atoms with Crippen molar-refractivity contribution < 1.29 is 4.39 Å². The average Bonchev–Trinajstić information content (AvgIpc) is 2.78. The maximum Gasteiger partial charge on any atom is 0.150 e. The van der Waals surface area contributed by atoms with Gasteiger partial charge in [-0.25, -0.2) is 9.37 Å². The number of aromatic nitrogens is 2. The first kappa shape index (κ1) is 15.5. The standard InChI is InChI=1S/C19H22FN3/c1-5-23-14(4)13(3)17-8-9-21-19(18(17)23)22-11-15-6-7-16(20)10-12(15)2/h6-10H,5,11H2,1-4H3,(H,21,22). The summed E-state index contributed by atoms with van der Waals surface area (Å²) in [6.07, 6.45) is 1.84. The van der Waals surface area contributed by atoms with Gasteiger partial charge in [0.15, 0.2) is 5.82 Å². The van der Waals surface area contributed by atoms with Gasteiger partial charge < -0.3 is 9.88 Å². The monoisotopic (exact) mass is 311 g/mol. The molecule has 120 valence electrons. The lowest BCUT2D eigenvalue weighted by Gasteiger charge is -2.12. The Morgan fingerprint density at radius 3 is 2.65 bits per heavy atom. The second-order valence-electron chi connectivity index (χ2n) is 5.93. The molecule has 0 amide bonds. The highest BCUT2D eigenvalue weighted by Crippen LogP contribution is 2.29. The molecule has 0 unspecified atom stereocenters. The molecule has 0 aliphatic rings. The Morgan fingerprint density at radius 1 is 1.17 bits per heavy atom. The zero-order valence-corrected chi connectivity index (χ0v) is 14.1. The number of aryl methyl sites for hydroxylation is 3. The highest BCUT2D eigenvalue weighted by molar-refractivity contribution is 5.93. The Kier molecular flexibility index (Phi) is 4.07. The molecule has 0 fully saturated rings. The quantitative estimate of drug-likeness (QED) is 0.754. The van der Waals surface area contributed by atoms with Crippen LogP contribution < -0.4 is 5.32 Å². The molecule has 23 heavy (non-hydrogen) atoms. The van der Waals surface area contributed by atoms with Gasteiger partial charge in [-0.2, -0.15) is 0 Å². The van der Waals surface area contributed by atoms with E-state index in [0.717, 1.165) is 29.0 Å². The first-order chi connectivity index (χ1) is 11.0. The normalized spacial score (nSPS) is 11.2. The molecule has 1 N–H and O–H groups in total. The van der Waals surface area contributed by atoms with E-state index in [1.54, 1.807) is 6.07 Å². The van der Waals surface area contributed by atoms with Crippen LogP contribution in [-0.2, 0) is 13.1 Å². The second-order valence-corrected chi connectivity index (χ2v) is 5.93. The Labute approximate surface area is 136 Å². The van der Waals surface area contributed by atoms with Crippen LogP contribution in [0, 0.1) is 26.6 Å². The van der Waals surface area contributed by atoms with E-state index in [1.165, 1.54) is 22.7 Å². The number of pyridine rings is 1. The minimum Gasteiger partial charge on any atom is -0.364 e. The molecule has 0 spiro atoms. The third-order valence-electron chi connectivity index (χ3n) is 4.61. The van der Waals surface area contributed by atoms with Crippen molar-refractivity contribution in [1.29, 1.82) is 0 Å². The highest BCUT2D eigenvalue weighted by atomic mass is 19.1. The van der Waals surface area contributed by atoms with Gasteiger partial charge in [-0.05, 0) is 62.6 Å². The summed E-state index contributed by atoms with van der Waals surface area (Å²) in [6.45, 7) is 9.91. The van der Waals surface area contributed by atoms with E-state index >= 15 is 0 Å². The molecule has 1 aromatic carbocycles. The van der Waals surface area contributed by atoms with E-state index in [-0.39, 0.29) is 5.82 Å². The number of nitrogens with one attached hydrogen (secondary N) is 1. The summed E-state index contributed by atoms with van der Waals surface area (Å²) in [5, 5.41) is 4.66. The predicted molar refractivity (Wildman–Crippen MR) is 93.3 cm³/mol. The molecular weight excluding hydrogens is 289 g/mol. The molecule has 2 aromatic heterocycles. The van der Waals surface area contributed by atoms with Crippen LogP contribution in [0.1, 0.15) is 29.3 Å². The number of nitrogens with zero attached hydrogens (tertiary/aromatic N) is 2. The van der Waals surface area contributed by atoms with E-state index in [1.807, 2.05) is 19.2 Å². The van der Waals surface area contributed by atoms with Crippen molar-refractivity contribution >= 4 is 16.7 Å². The third kappa shape index (κ3) is 2.69. The minimum absolute atomic E-state index is 0.197. The van der Waals surface area contributed by atoms with Crippen molar-refractivity contribution in [2.45, 2.75) is 40.8 Å². The Morgan fingerprint density at radius 2 is 1.96 bits per heavy atom. The lowest BCUT2D eigenvalue weighted by molar-refractivity contribution is 0.625. The van der Waals surface area contributed by atoms with Crippen LogP contribution in [-0.4, -0.2) is 9.55 Å². The second kappa shape index (κ2) is 6.03. The molecule has 0 bridgehead atoms. The van der Waals surface area contributed by atoms with Gasteiger partial charge in [-0.1, -0.05) is 6.07 Å². The maximum atomic E-state index is 13.2. The van der Waals surface area contributed by atoms with Crippen LogP contribution in [0.2, 0.25) is 0 Å². The topological polar surface area (TPSA) is 29.9 Å². The fourth-order valence-electron chi connectivity index (χ4n) is 3.16. The first-order valence-corrected chi connectivity index (χ1v) is 7.96. The van der Waals surface area contributed by atoms with Crippen molar-refractivity contribution in [2.24, 2.45) is 0 Å². The molecule has 4 heteroatoms. The summed E-state index contributed by atoms with van der Waals surface area (Å²) in [7, 11) is 0. The number of fused-ring (bicyclic) bond motifs is 1. The maximum absolute atomic E-state index is 13.2. The summed E-state index contributed by atoms with van der Waals surface area (Å²) in [6, 6.07) is 6.96. The average molecular weight is 311 g/mol. The molecule has 0 atom stereocenters. The summed E-state index contributed by atoms with van der Waals surface area (Å²) in [5.41, 5.74) is 5.74. The van der Waals surface area contributed by atoms with Crippen LogP contribution >= 0.6 is 0 Å². The van der Waals surface area contributed by atoms with E-state index in [0.29, 0.717) is 6.54 Å². The molecule has 3 aromatic rings. The van der Waals surface area contributed by atoms with Gasteiger partial charge >= 0.3 is 0 Å². The van der Waals surface area contributed by atoms with Crippen molar-refractivity contribution in [3.8, 4) is 0 Å². The molecule has 0 saturated heterocycles. The number of rotatable bonds is 4. The summed E-state index contributed by atoms with van der Waals surface area (Å²) in [4.78, 5) is 4.53. The van der Waals surface area contributed by atoms with Crippen LogP contribution in [0.15, 0.2) is 30.5 Å². The van der Waals surface area contributed by atoms with E-state index in [9.17, 15) is 4.39 Å². The molecule has 3 nitrogen and oxygen atoms in total. The number of benzene rings is 1. The molecule has 0 aliphatic heterocycles. The number of hydrogen-bond acceptors (Lipinski definition) is 2. The fourth-order valence-corrected chi connectivity index (χ4v) is 3.16. The van der Waals surface area contributed by atoms with E-state index < -0.39 is 0 Å². The van der Waals surface area contributed by atoms with Gasteiger partial charge in [-0.15, -0.1) is 0 Å². The molecule has 0 aliphatic carbocycles. The van der Waals surface area contributed by atoms with Crippen LogP contribution in [0.3, 0.4) is 0 Å². The van der Waals surface area contributed by atoms with E-state index in [2.05, 4.69) is 41.7 Å². The van der Waals surface area contributed by atoms with Crippen molar-refractivity contribution in [1.82, 2.24) is 9.55 Å². The summed E-state index contributed by atoms with van der Waals surface area (Å²) >= 11 is 0. The fraction of sp³-hybridized carbons (Fsp3) is 0.316. The molecule has 0 saturated carbocycles. The summed E-state index contributed by atoms with van der Waals surface area (Å²) in [5.74, 6) is 0.682. The van der Waals surface area contributed by atoms with Crippen molar-refractivity contribution in [3.63, 3.8) is 0 Å². The molecule has 2 heterocycles. The molecule has 3 rings (SSSR count). The van der Waals surface area contributed by atoms with Crippen molar-refractivity contribution in [2.75, 3.05) is 5.32 Å². The van der Waals surface area contributed by atoms with Crippen molar-refractivity contribution in [3.05, 3.63) is 58.7 Å². The lowest BCUT2D eigenvalue weighted by atomic mass is 10.1. The van der Waals surface area contributed by atoms with Gasteiger partial charge in [0.25, 0.3) is 0 Å². The highest BCUT2D eigenvalue weighted by Gasteiger charge is 2.14. The minimum atomic E-state index is -0.197. The van der Waals surface area contributed by atoms with Gasteiger partial charge in [0.05, 0.1) is 5.52 Å². The van der Waals surface area contributed by atoms with E-state index in [4.69, 9.17) is 0 Å². The van der Waals surface area contributed by atoms with Gasteiger partial charge in [0, 0.05) is 30.4 Å². The zero-order valence-electron chi connectivity index (χ0n) is 14.1. The Bertz CT molecular complexity index is 865. The first-order valence-electron chi connectivity index (χ1n) is 7.96. The zero-order chi connectivity index (χ0) is 16.6. The molecular formula is C19H22FN3. The van der Waals surface area contributed by atoms with Crippen LogP contribution in [0.25, 0.3) is 10.9 Å². The summed E-state index contributed by atoms with van der Waals surface area (Å²) < 4.78 is 15.5. The van der Waals surface area contributed by atoms with Crippen LogP contribution in [0.4, 0.5) is 10.2 Å². The largest absolute Gasteiger partial charge is 0.364 e.